The van der Waals surface area contributed by atoms with Crippen molar-refractivity contribution in [3.05, 3.63) is 18.6 Å². The summed E-state index contributed by atoms with van der Waals surface area (Å²) in [6.07, 6.45) is 8.77. The molecule has 0 aromatic carbocycles. The Morgan fingerprint density at radius 1 is 1.19 bits per heavy atom. The topological polar surface area (TPSA) is 64.0 Å². The molecule has 0 bridgehead atoms. The normalized spacial score (nSPS) is 22.9. The maximum Gasteiger partial charge on any atom is 0.316 e. The van der Waals surface area contributed by atoms with Crippen LogP contribution in [0.15, 0.2) is 18.6 Å². The molecule has 6 heteroatoms. The highest BCUT2D eigenvalue weighted by molar-refractivity contribution is 5.75. The van der Waals surface area contributed by atoms with E-state index in [4.69, 9.17) is 7.48 Å². The molecular weight excluding hydrogens is 266 g/mol. The second-order valence-corrected chi connectivity index (χ2v) is 5.95. The fraction of sp³-hybridized carbons (Fsp3) is 0.600. The van der Waals surface area contributed by atoms with Gasteiger partial charge in [-0.15, -0.1) is 0 Å². The smallest absolute Gasteiger partial charge is 0.316 e. The van der Waals surface area contributed by atoms with Crippen LogP contribution in [-0.4, -0.2) is 51.3 Å². The fourth-order valence-corrected chi connectivity index (χ4v) is 2.79. The Balaban J connectivity index is 1.53. The van der Waals surface area contributed by atoms with Gasteiger partial charge in [-0.2, -0.15) is 15.2 Å². The molecule has 0 atom stereocenters. The van der Waals surface area contributed by atoms with Gasteiger partial charge in [0.05, 0.1) is 27.2 Å². The molecule has 3 heterocycles. The Labute approximate surface area is 126 Å². The molecule has 2 fully saturated rings. The molecule has 0 unspecified atom stereocenters. The van der Waals surface area contributed by atoms with E-state index in [-0.39, 0.29) is 6.01 Å². The zero-order valence-electron chi connectivity index (χ0n) is 13.8. The van der Waals surface area contributed by atoms with E-state index in [1.54, 1.807) is 12.4 Å². The third-order valence-corrected chi connectivity index (χ3v) is 4.21. The monoisotopic (exact) mass is 287 g/mol. The van der Waals surface area contributed by atoms with Gasteiger partial charge in [-0.1, -0.05) is 0 Å². The van der Waals surface area contributed by atoms with Crippen molar-refractivity contribution < 1.29 is 7.48 Å². The van der Waals surface area contributed by atoms with Gasteiger partial charge in [0.25, 0.3) is 0 Å². The number of hydrogen-bond donors (Lipinski definition) is 0. The third kappa shape index (κ3) is 2.81. The van der Waals surface area contributed by atoms with Crippen LogP contribution >= 0.6 is 0 Å². The third-order valence-electron chi connectivity index (χ3n) is 4.21. The van der Waals surface area contributed by atoms with Gasteiger partial charge in [0.15, 0.2) is 0 Å². The summed E-state index contributed by atoms with van der Waals surface area (Å²) in [5, 5.41) is 8.31. The first kappa shape index (κ1) is 10.8. The van der Waals surface area contributed by atoms with E-state index < -0.39 is 12.0 Å². The molecule has 1 saturated heterocycles. The van der Waals surface area contributed by atoms with E-state index in [1.807, 2.05) is 0 Å². The summed E-state index contributed by atoms with van der Waals surface area (Å²) in [4.78, 5) is 10.7. The van der Waals surface area contributed by atoms with Gasteiger partial charge in [-0.25, -0.2) is 4.98 Å². The molecule has 21 heavy (non-hydrogen) atoms. The zero-order valence-corrected chi connectivity index (χ0v) is 11.8. The molecule has 0 spiro atoms. The van der Waals surface area contributed by atoms with Crippen LogP contribution in [0.5, 0.6) is 6.01 Å². The van der Waals surface area contributed by atoms with E-state index in [2.05, 4.69) is 25.1 Å². The Bertz CT molecular complexity index is 716. The van der Waals surface area contributed by atoms with E-state index in [1.165, 1.54) is 19.0 Å². The molecule has 1 saturated carbocycles. The van der Waals surface area contributed by atoms with Crippen molar-refractivity contribution in [2.75, 3.05) is 26.2 Å². The van der Waals surface area contributed by atoms with Crippen molar-refractivity contribution in [2.45, 2.75) is 25.7 Å². The lowest BCUT2D eigenvalue weighted by Crippen LogP contribution is -2.31. The first-order valence-corrected chi connectivity index (χ1v) is 7.43. The quantitative estimate of drug-likeness (QED) is 0.833. The zero-order chi connectivity index (χ0) is 15.9. The van der Waals surface area contributed by atoms with Crippen LogP contribution in [0, 0.1) is 5.41 Å². The molecule has 1 aliphatic heterocycles. The van der Waals surface area contributed by atoms with Crippen LogP contribution < -0.4 is 4.74 Å². The summed E-state index contributed by atoms with van der Waals surface area (Å²) in [7, 11) is 0. The number of ether oxygens (including phenoxy) is 1. The van der Waals surface area contributed by atoms with Crippen LogP contribution in [0.1, 0.15) is 28.4 Å². The first-order valence-electron chi connectivity index (χ1n) is 8.43. The van der Waals surface area contributed by atoms with Crippen molar-refractivity contribution in [1.29, 1.82) is 0 Å². The number of likely N-dealkylation sites (tertiary alicyclic amines) is 1. The number of hydrogen-bond acceptors (Lipinski definition) is 6. The lowest BCUT2D eigenvalue weighted by molar-refractivity contribution is 0.170. The molecule has 0 N–H and O–H groups in total. The summed E-state index contributed by atoms with van der Waals surface area (Å²) in [5.74, 6) is 0. The minimum absolute atomic E-state index is 0.0585. The highest BCUT2D eigenvalue weighted by Gasteiger charge is 2.45. The average Bonchev–Trinajstić information content (AvgIpc) is 3.15. The van der Waals surface area contributed by atoms with Crippen LogP contribution in [0.3, 0.4) is 0 Å². The lowest BCUT2D eigenvalue weighted by Gasteiger charge is -2.22. The molecule has 1 aliphatic carbocycles. The summed E-state index contributed by atoms with van der Waals surface area (Å²) in [6, 6.07) is 0.0585. The number of nitrogens with zero attached hydrogens (tertiary/aromatic N) is 5. The van der Waals surface area contributed by atoms with Gasteiger partial charge in [0, 0.05) is 23.5 Å². The molecule has 2 aromatic heterocycles. The molecule has 2 aromatic rings. The maximum absolute atomic E-state index is 8.41. The van der Waals surface area contributed by atoms with Crippen molar-refractivity contribution in [3.63, 3.8) is 0 Å². The summed E-state index contributed by atoms with van der Waals surface area (Å²) < 4.78 is 22.4. The van der Waals surface area contributed by atoms with Crippen molar-refractivity contribution in [2.24, 2.45) is 5.41 Å². The van der Waals surface area contributed by atoms with Crippen molar-refractivity contribution in [3.8, 4) is 6.01 Å². The van der Waals surface area contributed by atoms with Crippen molar-refractivity contribution in [1.82, 2.24) is 25.1 Å². The van der Waals surface area contributed by atoms with E-state index in [0.29, 0.717) is 5.52 Å². The Morgan fingerprint density at radius 2 is 2.00 bits per heavy atom. The average molecular weight is 287 g/mol. The summed E-state index contributed by atoms with van der Waals surface area (Å²) >= 11 is 0. The molecule has 0 radical (unpaired) electrons. The van der Waals surface area contributed by atoms with Crippen LogP contribution in [0.4, 0.5) is 0 Å². The second-order valence-electron chi connectivity index (χ2n) is 5.95. The lowest BCUT2D eigenvalue weighted by atomic mass is 10.1. The van der Waals surface area contributed by atoms with E-state index in [9.17, 15) is 0 Å². The highest BCUT2D eigenvalue weighted by Crippen LogP contribution is 2.46. The standard InChI is InChI=1S/C15H19N5O/c1-2-6-20(5-1)10-15(3-4-15)11-21-14-16-7-12-8-17-18-9-13(12)19-14/h7-9H,1-6,10-11H2/i11D2. The molecule has 0 amide bonds. The maximum atomic E-state index is 8.41. The second kappa shape index (κ2) is 5.18. The molecule has 2 aliphatic rings. The van der Waals surface area contributed by atoms with Gasteiger partial charge in [0.2, 0.25) is 0 Å². The minimum atomic E-state index is -1.77. The van der Waals surface area contributed by atoms with Gasteiger partial charge in [0.1, 0.15) is 0 Å². The largest absolute Gasteiger partial charge is 0.463 e. The number of rotatable bonds is 5. The Hall–Kier alpha value is -1.82. The van der Waals surface area contributed by atoms with Crippen LogP contribution in [0.25, 0.3) is 10.9 Å². The molecule has 6 nitrogen and oxygen atoms in total. The van der Waals surface area contributed by atoms with Crippen LogP contribution in [-0.2, 0) is 0 Å². The van der Waals surface area contributed by atoms with E-state index >= 15 is 0 Å². The summed E-state index contributed by atoms with van der Waals surface area (Å²) in [5.41, 5.74) is 0.164. The van der Waals surface area contributed by atoms with Gasteiger partial charge in [-0.05, 0) is 38.8 Å². The predicted molar refractivity (Wildman–Crippen MR) is 78.0 cm³/mol. The number of aromatic nitrogens is 4. The Morgan fingerprint density at radius 3 is 2.81 bits per heavy atom. The number of fused-ring (bicyclic) bond motifs is 1. The molecular formula is C15H19N5O. The predicted octanol–water partition coefficient (Wildman–Crippen LogP) is 1.67. The minimum Gasteiger partial charge on any atom is -0.463 e. The highest BCUT2D eigenvalue weighted by atomic mass is 16.5. The fourth-order valence-electron chi connectivity index (χ4n) is 2.79. The van der Waals surface area contributed by atoms with Crippen LogP contribution in [0.2, 0.25) is 0 Å². The molecule has 4 rings (SSSR count). The van der Waals surface area contributed by atoms with Gasteiger partial charge >= 0.3 is 6.01 Å². The van der Waals surface area contributed by atoms with Crippen molar-refractivity contribution >= 4 is 10.9 Å². The van der Waals surface area contributed by atoms with Gasteiger partial charge in [-0.3, -0.25) is 0 Å². The first-order chi connectivity index (χ1) is 11.1. The van der Waals surface area contributed by atoms with Gasteiger partial charge < -0.3 is 9.64 Å². The Kier molecular flexibility index (Phi) is 2.68. The van der Waals surface area contributed by atoms with E-state index in [0.717, 1.165) is 37.9 Å². The molecule has 110 valence electrons. The SMILES string of the molecule is [2H]C([2H])(Oc1ncc2cnncc2n1)C1(CN2CCCC2)CC1. The summed E-state index contributed by atoms with van der Waals surface area (Å²) in [6.45, 7) is 1.09.